The quantitative estimate of drug-likeness (QED) is 0.347. The van der Waals surface area contributed by atoms with Crippen LogP contribution >= 0.6 is 0 Å². The molecule has 0 spiro atoms. The van der Waals surface area contributed by atoms with E-state index in [0.717, 1.165) is 0 Å². The van der Waals surface area contributed by atoms with E-state index >= 15 is 0 Å². The van der Waals surface area contributed by atoms with E-state index in [0.29, 0.717) is 0 Å². The summed E-state index contributed by atoms with van der Waals surface area (Å²) in [5.74, 6) is -0.551. The van der Waals surface area contributed by atoms with E-state index in [2.05, 4.69) is 10.6 Å². The molecule has 1 aliphatic heterocycles. The first kappa shape index (κ1) is 5.04. The molecule has 0 aliphatic carbocycles. The molecule has 1 rings (SSSR count). The van der Waals surface area contributed by atoms with Gasteiger partial charge in [0.25, 0.3) is 5.91 Å². The molecule has 4 N–H and O–H groups in total. The monoisotopic (exact) mass is 113 g/mol. The lowest BCUT2D eigenvalue weighted by atomic mass is 10.5. The Morgan fingerprint density at radius 1 is 1.62 bits per heavy atom. The highest BCUT2D eigenvalue weighted by Gasteiger charge is 2.22. The van der Waals surface area contributed by atoms with Crippen LogP contribution in [0.1, 0.15) is 0 Å². The lowest BCUT2D eigenvalue weighted by Gasteiger charge is -1.92. The summed E-state index contributed by atoms with van der Waals surface area (Å²) in [4.78, 5) is 10.3. The predicted molar refractivity (Wildman–Crippen MR) is 25.9 cm³/mol. The SMILES string of the molecule is [NH]C1NC(=N)NC1=O. The van der Waals surface area contributed by atoms with Crippen LogP contribution in [0.2, 0.25) is 0 Å². The largest absolute Gasteiger partial charge is 0.332 e. The van der Waals surface area contributed by atoms with Gasteiger partial charge in [0.1, 0.15) is 0 Å². The molecule has 0 aromatic carbocycles. The average molecular weight is 113 g/mol. The lowest BCUT2D eigenvalue weighted by molar-refractivity contribution is -0.120. The summed E-state index contributed by atoms with van der Waals surface area (Å²) in [6.07, 6.45) is -0.984. The molecule has 1 fully saturated rings. The third kappa shape index (κ3) is 0.627. The molecule has 43 valence electrons. The average Bonchev–Trinajstić information content (AvgIpc) is 1.85. The molecule has 5 heteroatoms. The van der Waals surface area contributed by atoms with Crippen molar-refractivity contribution in [2.24, 2.45) is 0 Å². The van der Waals surface area contributed by atoms with Gasteiger partial charge in [0.15, 0.2) is 12.1 Å². The first-order valence-corrected chi connectivity index (χ1v) is 2.07. The first-order valence-electron chi connectivity index (χ1n) is 2.07. The summed E-state index contributed by atoms with van der Waals surface area (Å²) in [5, 5.41) is 11.1. The second-order valence-corrected chi connectivity index (χ2v) is 1.44. The number of guanidine groups is 1. The van der Waals surface area contributed by atoms with Gasteiger partial charge in [0.05, 0.1) is 0 Å². The van der Waals surface area contributed by atoms with Crippen molar-refractivity contribution >= 4 is 11.9 Å². The van der Waals surface area contributed by atoms with Crippen molar-refractivity contribution in [1.29, 1.82) is 5.41 Å². The van der Waals surface area contributed by atoms with Gasteiger partial charge in [-0.15, -0.1) is 0 Å². The Hall–Kier alpha value is -1.10. The van der Waals surface area contributed by atoms with Crippen LogP contribution in [0.5, 0.6) is 0 Å². The van der Waals surface area contributed by atoms with Crippen LogP contribution in [0.25, 0.3) is 0 Å². The lowest BCUT2D eigenvalue weighted by Crippen LogP contribution is -2.29. The van der Waals surface area contributed by atoms with Gasteiger partial charge in [0.2, 0.25) is 0 Å². The van der Waals surface area contributed by atoms with Crippen LogP contribution in [0.4, 0.5) is 0 Å². The number of nitrogens with one attached hydrogen (secondary N) is 4. The van der Waals surface area contributed by atoms with Crippen molar-refractivity contribution in [3.8, 4) is 0 Å². The minimum Gasteiger partial charge on any atom is -0.332 e. The van der Waals surface area contributed by atoms with E-state index < -0.39 is 12.1 Å². The number of amides is 1. The van der Waals surface area contributed by atoms with Crippen molar-refractivity contribution in [1.82, 2.24) is 16.4 Å². The standard InChI is InChI=1S/C3H5N4O/c4-1-2(8)7-3(5)6-1/h1,4H,(H3,5,6,7,8). The van der Waals surface area contributed by atoms with Crippen LogP contribution in [0.15, 0.2) is 0 Å². The molecule has 0 saturated carbocycles. The summed E-state index contributed by atoms with van der Waals surface area (Å²) < 4.78 is 0. The number of hydrogen-bond acceptors (Lipinski definition) is 2. The molecule has 1 unspecified atom stereocenters. The van der Waals surface area contributed by atoms with E-state index in [-0.39, 0.29) is 5.96 Å². The van der Waals surface area contributed by atoms with Gasteiger partial charge in [0, 0.05) is 0 Å². The van der Waals surface area contributed by atoms with E-state index in [1.165, 1.54) is 0 Å². The zero-order valence-electron chi connectivity index (χ0n) is 3.99. The number of rotatable bonds is 0. The molecule has 1 amide bonds. The highest BCUT2D eigenvalue weighted by molar-refractivity contribution is 6.04. The van der Waals surface area contributed by atoms with Crippen molar-refractivity contribution < 1.29 is 4.79 Å². The molecule has 1 radical (unpaired) electrons. The summed E-state index contributed by atoms with van der Waals surface area (Å²) in [6.45, 7) is 0. The highest BCUT2D eigenvalue weighted by Crippen LogP contribution is 1.82. The summed E-state index contributed by atoms with van der Waals surface area (Å²) in [7, 11) is 0. The molecule has 1 saturated heterocycles. The Labute approximate surface area is 45.7 Å². The van der Waals surface area contributed by atoms with Gasteiger partial charge < -0.3 is 5.32 Å². The molecular formula is C3H5N4O. The van der Waals surface area contributed by atoms with E-state index in [1.54, 1.807) is 0 Å². The maximum absolute atomic E-state index is 10.3. The van der Waals surface area contributed by atoms with Crippen molar-refractivity contribution in [3.05, 3.63) is 0 Å². The van der Waals surface area contributed by atoms with Crippen LogP contribution in [-0.2, 0) is 4.79 Å². The molecule has 0 aromatic rings. The Bertz CT molecular complexity index is 142. The first-order chi connectivity index (χ1) is 3.70. The van der Waals surface area contributed by atoms with Crippen LogP contribution in [-0.4, -0.2) is 18.0 Å². The van der Waals surface area contributed by atoms with Gasteiger partial charge in [-0.05, 0) is 0 Å². The Balaban J connectivity index is 2.64. The second kappa shape index (κ2) is 1.45. The van der Waals surface area contributed by atoms with Gasteiger partial charge in [-0.2, -0.15) is 0 Å². The smallest absolute Gasteiger partial charge is 0.265 e. The zero-order valence-corrected chi connectivity index (χ0v) is 3.99. The van der Waals surface area contributed by atoms with Crippen LogP contribution < -0.4 is 16.4 Å². The topological polar surface area (TPSA) is 88.8 Å². The highest BCUT2D eigenvalue weighted by atomic mass is 16.2. The van der Waals surface area contributed by atoms with Crippen molar-refractivity contribution in [3.63, 3.8) is 0 Å². The summed E-state index contributed by atoms with van der Waals surface area (Å²) in [5.41, 5.74) is 6.80. The molecule has 5 nitrogen and oxygen atoms in total. The fourth-order valence-corrected chi connectivity index (χ4v) is 0.441. The molecule has 0 aromatic heterocycles. The predicted octanol–water partition coefficient (Wildman–Crippen LogP) is -1.75. The zero-order chi connectivity index (χ0) is 6.15. The molecule has 1 aliphatic rings. The minimum atomic E-state index is -0.984. The maximum atomic E-state index is 10.3. The molecule has 1 heterocycles. The van der Waals surface area contributed by atoms with Gasteiger partial charge in [-0.1, -0.05) is 0 Å². The molecule has 0 bridgehead atoms. The van der Waals surface area contributed by atoms with Crippen molar-refractivity contribution in [2.45, 2.75) is 6.17 Å². The van der Waals surface area contributed by atoms with Gasteiger partial charge >= 0.3 is 0 Å². The third-order valence-electron chi connectivity index (χ3n) is 0.799. The summed E-state index contributed by atoms with van der Waals surface area (Å²) >= 11 is 0. The van der Waals surface area contributed by atoms with Crippen LogP contribution in [0.3, 0.4) is 0 Å². The molecular weight excluding hydrogens is 108 g/mol. The van der Waals surface area contributed by atoms with Gasteiger partial charge in [-0.25, -0.2) is 5.73 Å². The van der Waals surface area contributed by atoms with Crippen LogP contribution in [0, 0.1) is 5.41 Å². The van der Waals surface area contributed by atoms with Crippen molar-refractivity contribution in [2.75, 3.05) is 0 Å². The third-order valence-corrected chi connectivity index (χ3v) is 0.799. The maximum Gasteiger partial charge on any atom is 0.265 e. The summed E-state index contributed by atoms with van der Waals surface area (Å²) in [6, 6.07) is 0. The minimum absolute atomic E-state index is 0.0880. The second-order valence-electron chi connectivity index (χ2n) is 1.44. The fraction of sp³-hybridized carbons (Fsp3) is 0.333. The number of carbonyl (C=O) groups is 1. The normalized spacial score (nSPS) is 27.4. The van der Waals surface area contributed by atoms with Gasteiger partial charge in [-0.3, -0.25) is 15.5 Å². The van der Waals surface area contributed by atoms with E-state index in [4.69, 9.17) is 11.1 Å². The Morgan fingerprint density at radius 2 is 2.25 bits per heavy atom. The Morgan fingerprint density at radius 3 is 2.38 bits per heavy atom. The molecule has 8 heavy (non-hydrogen) atoms. The Kier molecular flexibility index (Phi) is 0.911. The van der Waals surface area contributed by atoms with E-state index in [1.807, 2.05) is 0 Å². The van der Waals surface area contributed by atoms with E-state index in [9.17, 15) is 4.79 Å². The fourth-order valence-electron chi connectivity index (χ4n) is 0.441. The molecule has 1 atom stereocenters. The number of hydrogen-bond donors (Lipinski definition) is 3. The number of carbonyl (C=O) groups excluding carboxylic acids is 1.